The van der Waals surface area contributed by atoms with Gasteiger partial charge in [0.25, 0.3) is 5.69 Å². The molecule has 5 heterocycles. The van der Waals surface area contributed by atoms with Crippen molar-refractivity contribution in [3.05, 3.63) is 58.5 Å². The van der Waals surface area contributed by atoms with Gasteiger partial charge in [-0.15, -0.1) is 0 Å². The lowest BCUT2D eigenvalue weighted by molar-refractivity contribution is -0.385. The van der Waals surface area contributed by atoms with Crippen LogP contribution in [-0.4, -0.2) is 148 Å². The van der Waals surface area contributed by atoms with Crippen molar-refractivity contribution < 1.29 is 57.6 Å². The molecule has 5 rings (SSSR count). The average Bonchev–Trinajstić information content (AvgIpc) is 3.54. The van der Waals surface area contributed by atoms with E-state index in [-0.39, 0.29) is 62.4 Å². The van der Waals surface area contributed by atoms with Gasteiger partial charge in [0.2, 0.25) is 0 Å². The number of aryl methyl sites for hydroxylation is 1. The van der Waals surface area contributed by atoms with E-state index in [9.17, 15) is 34.4 Å². The monoisotopic (exact) mass is 912 g/mol. The standard InChI is InChI=1S/C46H68N6O13/c1-12-34-46(8)40(51(44(57)65-46)22-21-48-35-18-17-32(25-49-35)52(58)59)28(4)37(54)26(2)24-45(7,60-11)41(64-43-38(55)33(50(9)10)23-27(3)61-43)29(5)39(30(6)42(56)62-34)63-36(53)19-16-31-15-13-14-20-47-31/h13-15,17-18,20,25-30,33-34,38-41,43,55H,12,16,19,21-24H2,1-11H3,(H,48,49)/t26-,27-,28-,29-,30-,33+,34+,38-,39-,40+,41-,43?,45-,46-/m1/s1. The highest BCUT2D eigenvalue weighted by Gasteiger charge is 2.60. The molecule has 3 aliphatic rings. The molecular weight excluding hydrogens is 845 g/mol. The van der Waals surface area contributed by atoms with Gasteiger partial charge in [0.15, 0.2) is 11.9 Å². The van der Waals surface area contributed by atoms with Gasteiger partial charge in [-0.2, -0.15) is 0 Å². The Morgan fingerprint density at radius 2 is 1.80 bits per heavy atom. The fraction of sp³-hybridized carbons (Fsp3) is 0.696. The summed E-state index contributed by atoms with van der Waals surface area (Å²) in [5.41, 5.74) is -2.37. The molecule has 360 valence electrons. The van der Waals surface area contributed by atoms with E-state index in [1.54, 1.807) is 66.8 Å². The van der Waals surface area contributed by atoms with Crippen molar-refractivity contribution >= 4 is 35.3 Å². The number of rotatable bonds is 14. The van der Waals surface area contributed by atoms with E-state index in [0.29, 0.717) is 17.9 Å². The number of fused-ring (bicyclic) bond motifs is 1. The summed E-state index contributed by atoms with van der Waals surface area (Å²) >= 11 is 0. The van der Waals surface area contributed by atoms with Crippen LogP contribution in [0.15, 0.2) is 42.7 Å². The predicted molar refractivity (Wildman–Crippen MR) is 236 cm³/mol. The Kier molecular flexibility index (Phi) is 17.0. The van der Waals surface area contributed by atoms with Crippen LogP contribution in [0.2, 0.25) is 0 Å². The number of Topliss-reactive ketones (excluding diaryl/α,β-unsaturated/α-hetero) is 1. The van der Waals surface area contributed by atoms with Gasteiger partial charge in [0.05, 0.1) is 41.1 Å². The molecule has 3 fully saturated rings. The van der Waals surface area contributed by atoms with E-state index in [4.69, 9.17) is 28.4 Å². The third kappa shape index (κ3) is 11.6. The molecule has 0 radical (unpaired) electrons. The van der Waals surface area contributed by atoms with Crippen molar-refractivity contribution in [3.8, 4) is 0 Å². The van der Waals surface area contributed by atoms with Gasteiger partial charge in [-0.3, -0.25) is 34.4 Å². The predicted octanol–water partition coefficient (Wildman–Crippen LogP) is 4.98. The van der Waals surface area contributed by atoms with E-state index in [0.717, 1.165) is 6.20 Å². The highest BCUT2D eigenvalue weighted by Crippen LogP contribution is 2.44. The smallest absolute Gasteiger partial charge is 0.410 e. The molecule has 0 aliphatic carbocycles. The Bertz CT molecular complexity index is 1960. The second kappa shape index (κ2) is 21.7. The van der Waals surface area contributed by atoms with Gasteiger partial charge in [-0.25, -0.2) is 9.78 Å². The molecule has 2 aromatic rings. The molecule has 1 unspecified atom stereocenters. The van der Waals surface area contributed by atoms with Crippen LogP contribution < -0.4 is 5.32 Å². The Hall–Kier alpha value is -4.82. The zero-order valence-electron chi connectivity index (χ0n) is 39.5. The van der Waals surface area contributed by atoms with Crippen molar-refractivity contribution in [2.75, 3.05) is 39.6 Å². The number of pyridine rings is 2. The lowest BCUT2D eigenvalue weighted by Gasteiger charge is -2.48. The maximum absolute atomic E-state index is 14.9. The molecular formula is C46H68N6O13. The van der Waals surface area contributed by atoms with Crippen LogP contribution in [-0.2, 0) is 49.2 Å². The lowest BCUT2D eigenvalue weighted by atomic mass is 9.73. The zero-order valence-corrected chi connectivity index (χ0v) is 39.5. The van der Waals surface area contributed by atoms with Crippen LogP contribution in [0.3, 0.4) is 0 Å². The highest BCUT2D eigenvalue weighted by molar-refractivity contribution is 5.85. The number of anilines is 1. The fourth-order valence-electron chi connectivity index (χ4n) is 9.95. The molecule has 0 spiro atoms. The van der Waals surface area contributed by atoms with Gasteiger partial charge in [-0.1, -0.05) is 33.8 Å². The quantitative estimate of drug-likeness (QED) is 0.110. The Balaban J connectivity index is 1.56. The molecule has 3 saturated heterocycles. The van der Waals surface area contributed by atoms with E-state index in [1.165, 1.54) is 24.1 Å². The van der Waals surface area contributed by atoms with Crippen LogP contribution in [0.4, 0.5) is 16.3 Å². The molecule has 2 aromatic heterocycles. The van der Waals surface area contributed by atoms with Crippen LogP contribution in [0.25, 0.3) is 0 Å². The second-order valence-electron chi connectivity index (χ2n) is 18.5. The topological polar surface area (TPSA) is 231 Å². The summed E-state index contributed by atoms with van der Waals surface area (Å²) < 4.78 is 38.3. The average molecular weight is 913 g/mol. The summed E-state index contributed by atoms with van der Waals surface area (Å²) in [5, 5.41) is 26.0. The maximum atomic E-state index is 14.9. The van der Waals surface area contributed by atoms with Gasteiger partial charge in [0, 0.05) is 68.4 Å². The number of aliphatic hydroxyl groups is 1. The number of hydrogen-bond acceptors (Lipinski definition) is 17. The SMILES string of the molecule is CC[C@@H]1OC(=O)[C@H](C)[C@H](OC(=O)CCc2ccccn2)[C@@H](C)[C@@H](OC2O[C@H](C)C[C@H](N(C)C)[C@H]2O)[C@](C)(OC)C[C@@H](C)C(=O)[C@@H](C)[C@@H]2N(CCNc3ccc([N+](=O)[O-])cn3)C(=O)O[C@]12C. The lowest BCUT2D eigenvalue weighted by Crippen LogP contribution is -2.61. The number of ketones is 1. The molecule has 14 atom stereocenters. The number of ether oxygens (including phenoxy) is 6. The van der Waals surface area contributed by atoms with Gasteiger partial charge in [0.1, 0.15) is 36.1 Å². The molecule has 19 heteroatoms. The number of amides is 1. The number of esters is 2. The fourth-order valence-corrected chi connectivity index (χ4v) is 9.95. The van der Waals surface area contributed by atoms with E-state index in [1.807, 2.05) is 32.0 Å². The number of cyclic esters (lactones) is 1. The molecule has 0 saturated carbocycles. The summed E-state index contributed by atoms with van der Waals surface area (Å²) in [5.74, 6) is -4.81. The largest absolute Gasteiger partial charge is 0.461 e. The number of aliphatic hydroxyl groups excluding tert-OH is 1. The normalized spacial score (nSPS) is 34.8. The third-order valence-corrected chi connectivity index (χ3v) is 13.5. The Morgan fingerprint density at radius 3 is 2.40 bits per heavy atom. The molecule has 0 aromatic carbocycles. The summed E-state index contributed by atoms with van der Waals surface area (Å²) in [6, 6.07) is 6.88. The van der Waals surface area contributed by atoms with E-state index >= 15 is 0 Å². The second-order valence-corrected chi connectivity index (χ2v) is 18.5. The van der Waals surface area contributed by atoms with Crippen molar-refractivity contribution in [1.29, 1.82) is 0 Å². The van der Waals surface area contributed by atoms with E-state index in [2.05, 4.69) is 15.3 Å². The van der Waals surface area contributed by atoms with Crippen LogP contribution >= 0.6 is 0 Å². The number of likely N-dealkylation sites (N-methyl/N-ethyl adjacent to an activating group) is 1. The van der Waals surface area contributed by atoms with Crippen molar-refractivity contribution in [2.45, 2.75) is 148 Å². The summed E-state index contributed by atoms with van der Waals surface area (Å²) in [7, 11) is 5.21. The molecule has 1 amide bonds. The highest BCUT2D eigenvalue weighted by atomic mass is 16.7. The number of hydrogen-bond donors (Lipinski definition) is 2. The van der Waals surface area contributed by atoms with Crippen LogP contribution in [0, 0.1) is 33.8 Å². The van der Waals surface area contributed by atoms with Crippen molar-refractivity contribution in [2.24, 2.45) is 23.7 Å². The first-order valence-corrected chi connectivity index (χ1v) is 22.5. The van der Waals surface area contributed by atoms with Crippen LogP contribution in [0.5, 0.6) is 0 Å². The summed E-state index contributed by atoms with van der Waals surface area (Å²) in [4.78, 5) is 79.8. The van der Waals surface area contributed by atoms with Gasteiger partial charge in [-0.05, 0) is 79.3 Å². The molecule has 65 heavy (non-hydrogen) atoms. The minimum absolute atomic E-state index is 0.0281. The maximum Gasteiger partial charge on any atom is 0.410 e. The minimum atomic E-state index is -1.53. The Morgan fingerprint density at radius 1 is 1.08 bits per heavy atom. The number of methoxy groups -OCH3 is 1. The van der Waals surface area contributed by atoms with Crippen LogP contribution in [0.1, 0.15) is 86.8 Å². The first-order chi connectivity index (χ1) is 30.6. The molecule has 0 bridgehead atoms. The molecule has 3 aliphatic heterocycles. The third-order valence-electron chi connectivity index (χ3n) is 13.5. The zero-order chi connectivity index (χ0) is 48.0. The minimum Gasteiger partial charge on any atom is -0.461 e. The number of aromatic nitrogens is 2. The van der Waals surface area contributed by atoms with Gasteiger partial charge < -0.3 is 43.7 Å². The summed E-state index contributed by atoms with van der Waals surface area (Å²) in [6.45, 7) is 14.1. The molecule has 19 nitrogen and oxygen atoms in total. The first kappa shape index (κ1) is 51.2. The number of nitrogens with zero attached hydrogens (tertiary/aromatic N) is 5. The number of nitrogens with one attached hydrogen (secondary N) is 1. The number of nitro groups is 1. The summed E-state index contributed by atoms with van der Waals surface area (Å²) in [6.07, 6.45) is -2.87. The van der Waals surface area contributed by atoms with Crippen molar-refractivity contribution in [1.82, 2.24) is 19.8 Å². The van der Waals surface area contributed by atoms with E-state index < -0.39 is 94.6 Å². The molecule has 2 N–H and O–H groups in total. The first-order valence-electron chi connectivity index (χ1n) is 22.5. The number of carbonyl (C=O) groups is 4. The van der Waals surface area contributed by atoms with Crippen molar-refractivity contribution in [3.63, 3.8) is 0 Å². The van der Waals surface area contributed by atoms with Gasteiger partial charge >= 0.3 is 18.0 Å². The Labute approximate surface area is 381 Å². The number of carbonyl (C=O) groups excluding carboxylic acids is 4.